The normalized spacial score (nSPS) is 16.6. The van der Waals surface area contributed by atoms with Gasteiger partial charge in [-0.2, -0.15) is 0 Å². The van der Waals surface area contributed by atoms with Crippen LogP contribution in [0.2, 0.25) is 0 Å². The second-order valence-electron chi connectivity index (χ2n) is 6.54. The number of hydrogen-bond acceptors (Lipinski definition) is 4. The van der Waals surface area contributed by atoms with E-state index in [1.165, 1.54) is 17.7 Å². The summed E-state index contributed by atoms with van der Waals surface area (Å²) >= 11 is 0. The first-order chi connectivity index (χ1) is 12.2. The number of fused-ring (bicyclic) bond motifs is 1. The van der Waals surface area contributed by atoms with E-state index in [1.54, 1.807) is 6.07 Å². The average molecular weight is 339 g/mol. The third-order valence-corrected chi connectivity index (χ3v) is 4.84. The number of oxazole rings is 1. The molecule has 25 heavy (non-hydrogen) atoms. The molecule has 3 aromatic rings. The van der Waals surface area contributed by atoms with Crippen molar-refractivity contribution in [1.29, 1.82) is 0 Å². The van der Waals surface area contributed by atoms with Gasteiger partial charge in [0.1, 0.15) is 11.3 Å². The van der Waals surface area contributed by atoms with Crippen LogP contribution in [-0.2, 0) is 6.54 Å². The Bertz CT molecular complexity index is 868. The molecule has 5 heteroatoms. The highest BCUT2D eigenvalue weighted by atomic mass is 19.1. The summed E-state index contributed by atoms with van der Waals surface area (Å²) in [5, 5.41) is 0. The number of hydrogen-bond donors (Lipinski definition) is 0. The van der Waals surface area contributed by atoms with Gasteiger partial charge < -0.3 is 9.32 Å². The molecule has 2 aromatic carbocycles. The Morgan fingerprint density at radius 3 is 2.60 bits per heavy atom. The van der Waals surface area contributed by atoms with Crippen molar-refractivity contribution in [3.05, 3.63) is 53.8 Å². The van der Waals surface area contributed by atoms with E-state index in [1.807, 2.05) is 12.1 Å². The third kappa shape index (κ3) is 3.57. The van der Waals surface area contributed by atoms with Crippen LogP contribution in [0.4, 0.5) is 4.39 Å². The summed E-state index contributed by atoms with van der Waals surface area (Å²) in [6.45, 7) is 8.72. The Kier molecular flexibility index (Phi) is 4.51. The van der Waals surface area contributed by atoms with Crippen molar-refractivity contribution in [2.75, 3.05) is 32.7 Å². The van der Waals surface area contributed by atoms with Gasteiger partial charge in [-0.25, -0.2) is 9.37 Å². The van der Waals surface area contributed by atoms with Gasteiger partial charge in [-0.05, 0) is 42.4 Å². The standard InChI is InChI=1S/C20H22FN3O/c1-2-23-8-10-24(11-9-23)14-15-6-7-19-18(12-15)22-20(25-19)16-4-3-5-17(21)13-16/h3-7,12-13H,2,8-11,14H2,1H3. The summed E-state index contributed by atoms with van der Waals surface area (Å²) in [5.74, 6) is 0.176. The summed E-state index contributed by atoms with van der Waals surface area (Å²) < 4.78 is 19.2. The summed E-state index contributed by atoms with van der Waals surface area (Å²) in [4.78, 5) is 9.49. The molecule has 4 nitrogen and oxygen atoms in total. The van der Waals surface area contributed by atoms with Crippen LogP contribution < -0.4 is 0 Å². The van der Waals surface area contributed by atoms with Crippen molar-refractivity contribution in [2.24, 2.45) is 0 Å². The summed E-state index contributed by atoms with van der Waals surface area (Å²) in [5.41, 5.74) is 3.45. The molecule has 0 N–H and O–H groups in total. The number of rotatable bonds is 4. The molecule has 2 heterocycles. The lowest BCUT2D eigenvalue weighted by atomic mass is 10.2. The SMILES string of the molecule is CCN1CCN(Cc2ccc3oc(-c4cccc(F)c4)nc3c2)CC1. The van der Waals surface area contributed by atoms with E-state index < -0.39 is 0 Å². The molecule has 1 aliphatic heterocycles. The van der Waals surface area contributed by atoms with E-state index in [2.05, 4.69) is 33.8 Å². The smallest absolute Gasteiger partial charge is 0.227 e. The molecule has 4 rings (SSSR count). The Morgan fingerprint density at radius 1 is 1.04 bits per heavy atom. The van der Waals surface area contributed by atoms with Gasteiger partial charge in [-0.3, -0.25) is 4.90 Å². The van der Waals surface area contributed by atoms with E-state index in [4.69, 9.17) is 4.42 Å². The molecule has 1 aliphatic rings. The lowest BCUT2D eigenvalue weighted by Crippen LogP contribution is -2.45. The lowest BCUT2D eigenvalue weighted by molar-refractivity contribution is 0.132. The van der Waals surface area contributed by atoms with E-state index >= 15 is 0 Å². The predicted molar refractivity (Wildman–Crippen MR) is 96.8 cm³/mol. The topological polar surface area (TPSA) is 32.5 Å². The van der Waals surface area contributed by atoms with Crippen LogP contribution in [0, 0.1) is 5.82 Å². The van der Waals surface area contributed by atoms with Crippen LogP contribution in [0.3, 0.4) is 0 Å². The highest BCUT2D eigenvalue weighted by Gasteiger charge is 2.16. The molecule has 0 atom stereocenters. The average Bonchev–Trinajstić information content (AvgIpc) is 3.06. The largest absolute Gasteiger partial charge is 0.436 e. The van der Waals surface area contributed by atoms with Crippen LogP contribution in [0.5, 0.6) is 0 Å². The molecule has 0 bridgehead atoms. The molecular formula is C20H22FN3O. The molecular weight excluding hydrogens is 317 g/mol. The van der Waals surface area contributed by atoms with E-state index in [-0.39, 0.29) is 5.82 Å². The van der Waals surface area contributed by atoms with Gasteiger partial charge >= 0.3 is 0 Å². The van der Waals surface area contributed by atoms with Crippen LogP contribution in [0.15, 0.2) is 46.9 Å². The van der Waals surface area contributed by atoms with E-state index in [9.17, 15) is 4.39 Å². The van der Waals surface area contributed by atoms with Crippen molar-refractivity contribution >= 4 is 11.1 Å². The molecule has 0 amide bonds. The number of nitrogens with zero attached hydrogens (tertiary/aromatic N) is 3. The van der Waals surface area contributed by atoms with Crippen LogP contribution >= 0.6 is 0 Å². The molecule has 0 unspecified atom stereocenters. The van der Waals surface area contributed by atoms with Gasteiger partial charge in [0.25, 0.3) is 0 Å². The van der Waals surface area contributed by atoms with E-state index in [0.29, 0.717) is 11.5 Å². The van der Waals surface area contributed by atoms with Crippen molar-refractivity contribution in [2.45, 2.75) is 13.5 Å². The minimum absolute atomic E-state index is 0.285. The minimum Gasteiger partial charge on any atom is -0.436 e. The number of likely N-dealkylation sites (N-methyl/N-ethyl adjacent to an activating group) is 1. The second kappa shape index (κ2) is 6.94. The summed E-state index contributed by atoms with van der Waals surface area (Å²) in [7, 11) is 0. The van der Waals surface area contributed by atoms with Crippen molar-refractivity contribution in [3.63, 3.8) is 0 Å². The number of aromatic nitrogens is 1. The first-order valence-corrected chi connectivity index (χ1v) is 8.81. The second-order valence-corrected chi connectivity index (χ2v) is 6.54. The minimum atomic E-state index is -0.285. The molecule has 130 valence electrons. The van der Waals surface area contributed by atoms with E-state index in [0.717, 1.165) is 50.4 Å². The van der Waals surface area contributed by atoms with Crippen LogP contribution in [0.25, 0.3) is 22.6 Å². The van der Waals surface area contributed by atoms with Crippen molar-refractivity contribution in [3.8, 4) is 11.5 Å². The Labute approximate surface area is 146 Å². The molecule has 1 fully saturated rings. The van der Waals surface area contributed by atoms with Crippen LogP contribution in [0.1, 0.15) is 12.5 Å². The van der Waals surface area contributed by atoms with Gasteiger partial charge in [0.05, 0.1) is 0 Å². The molecule has 0 saturated carbocycles. The first-order valence-electron chi connectivity index (χ1n) is 8.81. The maximum Gasteiger partial charge on any atom is 0.227 e. The first kappa shape index (κ1) is 16.2. The Hall–Kier alpha value is -2.24. The highest BCUT2D eigenvalue weighted by molar-refractivity contribution is 5.76. The number of piperazine rings is 1. The summed E-state index contributed by atoms with van der Waals surface area (Å²) in [6.07, 6.45) is 0. The van der Waals surface area contributed by atoms with Gasteiger partial charge in [0.15, 0.2) is 5.58 Å². The van der Waals surface area contributed by atoms with Gasteiger partial charge in [0, 0.05) is 38.3 Å². The molecule has 1 saturated heterocycles. The maximum absolute atomic E-state index is 13.4. The zero-order chi connectivity index (χ0) is 17.2. The fourth-order valence-corrected chi connectivity index (χ4v) is 3.34. The van der Waals surface area contributed by atoms with Crippen molar-refractivity contribution < 1.29 is 8.81 Å². The molecule has 0 aliphatic carbocycles. The zero-order valence-corrected chi connectivity index (χ0v) is 14.4. The number of benzene rings is 2. The van der Waals surface area contributed by atoms with Gasteiger partial charge in [0.2, 0.25) is 5.89 Å². The molecule has 1 aromatic heterocycles. The Balaban J connectivity index is 1.52. The lowest BCUT2D eigenvalue weighted by Gasteiger charge is -2.34. The van der Waals surface area contributed by atoms with Crippen LogP contribution in [-0.4, -0.2) is 47.5 Å². The predicted octanol–water partition coefficient (Wildman–Crippen LogP) is 3.77. The summed E-state index contributed by atoms with van der Waals surface area (Å²) in [6, 6.07) is 12.5. The maximum atomic E-state index is 13.4. The fourth-order valence-electron chi connectivity index (χ4n) is 3.34. The monoisotopic (exact) mass is 339 g/mol. The third-order valence-electron chi connectivity index (χ3n) is 4.84. The van der Waals surface area contributed by atoms with Crippen molar-refractivity contribution in [1.82, 2.24) is 14.8 Å². The quantitative estimate of drug-likeness (QED) is 0.724. The fraction of sp³-hybridized carbons (Fsp3) is 0.350. The molecule has 0 spiro atoms. The highest BCUT2D eigenvalue weighted by Crippen LogP contribution is 2.25. The van der Waals surface area contributed by atoms with Gasteiger partial charge in [-0.15, -0.1) is 0 Å². The van der Waals surface area contributed by atoms with Gasteiger partial charge in [-0.1, -0.05) is 19.1 Å². The molecule has 0 radical (unpaired) electrons. The Morgan fingerprint density at radius 2 is 1.84 bits per heavy atom. The zero-order valence-electron chi connectivity index (χ0n) is 14.4. The number of halogens is 1.